The van der Waals surface area contributed by atoms with Crippen LogP contribution in [0.4, 0.5) is 14.9 Å². The van der Waals surface area contributed by atoms with Crippen molar-refractivity contribution in [3.63, 3.8) is 0 Å². The molecule has 5 N–H and O–H groups in total. The second kappa shape index (κ2) is 9.80. The van der Waals surface area contributed by atoms with Crippen molar-refractivity contribution in [3.8, 4) is 11.1 Å². The monoisotopic (exact) mass is 404 g/mol. The average Bonchev–Trinajstić information content (AvgIpc) is 3.10. The van der Waals surface area contributed by atoms with Gasteiger partial charge in [0, 0.05) is 24.4 Å². The van der Waals surface area contributed by atoms with Crippen LogP contribution in [-0.2, 0) is 4.74 Å². The van der Waals surface area contributed by atoms with E-state index in [0.29, 0.717) is 22.5 Å². The highest BCUT2D eigenvalue weighted by atomic mass is 19.1. The SMILES string of the molecule is CC.CN(N)/N=C(\N)c1ccc(-c2ccc(N3C[C@H](CO)OC3=O)cc2F)cn1. The fourth-order valence-electron chi connectivity index (χ4n) is 2.66. The number of nitrogens with zero attached hydrogens (tertiary/aromatic N) is 4. The number of anilines is 1. The summed E-state index contributed by atoms with van der Waals surface area (Å²) < 4.78 is 19.6. The Bertz CT molecular complexity index is 873. The first-order valence-electron chi connectivity index (χ1n) is 9.07. The fourth-order valence-corrected chi connectivity index (χ4v) is 2.66. The van der Waals surface area contributed by atoms with Crippen molar-refractivity contribution in [1.29, 1.82) is 0 Å². The van der Waals surface area contributed by atoms with Gasteiger partial charge in [0.15, 0.2) is 5.84 Å². The van der Waals surface area contributed by atoms with Gasteiger partial charge in [0.2, 0.25) is 0 Å². The lowest BCUT2D eigenvalue weighted by atomic mass is 10.1. The van der Waals surface area contributed by atoms with Crippen molar-refractivity contribution in [2.75, 3.05) is 25.1 Å². The number of hydrazone groups is 1. The maximum atomic E-state index is 14.6. The summed E-state index contributed by atoms with van der Waals surface area (Å²) in [6.07, 6.45) is 0.238. The summed E-state index contributed by atoms with van der Waals surface area (Å²) in [5.41, 5.74) is 7.37. The molecule has 29 heavy (non-hydrogen) atoms. The number of carbonyl (C=O) groups is 1. The highest BCUT2D eigenvalue weighted by molar-refractivity contribution is 5.95. The molecule has 1 fully saturated rings. The van der Waals surface area contributed by atoms with Crippen LogP contribution in [0, 0.1) is 5.82 Å². The van der Waals surface area contributed by atoms with Crippen molar-refractivity contribution in [2.24, 2.45) is 16.7 Å². The predicted octanol–water partition coefficient (Wildman–Crippen LogP) is 1.66. The van der Waals surface area contributed by atoms with E-state index in [0.717, 1.165) is 5.12 Å². The van der Waals surface area contributed by atoms with Crippen molar-refractivity contribution >= 4 is 17.6 Å². The summed E-state index contributed by atoms with van der Waals surface area (Å²) >= 11 is 0. The third-order valence-corrected chi connectivity index (χ3v) is 3.94. The normalized spacial score (nSPS) is 16.2. The number of aliphatic hydroxyl groups is 1. The molecule has 1 amide bonds. The molecule has 0 bridgehead atoms. The summed E-state index contributed by atoms with van der Waals surface area (Å²) in [6, 6.07) is 7.65. The van der Waals surface area contributed by atoms with E-state index in [1.54, 1.807) is 24.3 Å². The topological polar surface area (TPSA) is 130 Å². The number of carbonyl (C=O) groups excluding carboxylic acids is 1. The molecule has 156 valence electrons. The number of pyridine rings is 1. The highest BCUT2D eigenvalue weighted by Crippen LogP contribution is 2.28. The number of aromatic nitrogens is 1. The Kier molecular flexibility index (Phi) is 7.46. The molecule has 0 unspecified atom stereocenters. The number of halogens is 1. The molecule has 1 aromatic carbocycles. The largest absolute Gasteiger partial charge is 0.441 e. The van der Waals surface area contributed by atoms with Crippen LogP contribution < -0.4 is 16.5 Å². The molecule has 1 saturated heterocycles. The molecule has 3 rings (SSSR count). The van der Waals surface area contributed by atoms with E-state index in [4.69, 9.17) is 21.4 Å². The van der Waals surface area contributed by atoms with Gasteiger partial charge in [-0.05, 0) is 24.3 Å². The van der Waals surface area contributed by atoms with Crippen LogP contribution in [0.15, 0.2) is 41.6 Å². The average molecular weight is 404 g/mol. The van der Waals surface area contributed by atoms with Crippen LogP contribution >= 0.6 is 0 Å². The summed E-state index contributed by atoms with van der Waals surface area (Å²) in [6.45, 7) is 3.88. The Balaban J connectivity index is 0.00000145. The molecule has 0 aliphatic carbocycles. The van der Waals surface area contributed by atoms with Crippen LogP contribution in [0.5, 0.6) is 0 Å². The molecule has 9 nitrogen and oxygen atoms in total. The Hall–Kier alpha value is -3.24. The Morgan fingerprint density at radius 3 is 2.66 bits per heavy atom. The Labute approximate surface area is 168 Å². The first-order valence-corrected chi connectivity index (χ1v) is 9.07. The Morgan fingerprint density at radius 2 is 2.14 bits per heavy atom. The number of hydrazine groups is 1. The molecule has 2 aromatic rings. The summed E-state index contributed by atoms with van der Waals surface area (Å²) in [5, 5.41) is 14.0. The smallest absolute Gasteiger partial charge is 0.414 e. The van der Waals surface area contributed by atoms with Crippen molar-refractivity contribution in [2.45, 2.75) is 20.0 Å². The molecule has 0 saturated carbocycles. The lowest BCUT2D eigenvalue weighted by molar-refractivity contribution is 0.0963. The number of nitrogens with two attached hydrogens (primary N) is 2. The van der Waals surface area contributed by atoms with E-state index < -0.39 is 18.0 Å². The zero-order chi connectivity index (χ0) is 21.6. The van der Waals surface area contributed by atoms with Gasteiger partial charge >= 0.3 is 6.09 Å². The van der Waals surface area contributed by atoms with Gasteiger partial charge in [0.1, 0.15) is 17.6 Å². The van der Waals surface area contributed by atoms with Crippen LogP contribution in [0.25, 0.3) is 11.1 Å². The van der Waals surface area contributed by atoms with Crippen LogP contribution in [0.3, 0.4) is 0 Å². The fraction of sp³-hybridized carbons (Fsp3) is 0.316. The van der Waals surface area contributed by atoms with Crippen LogP contribution in [-0.4, -0.2) is 53.4 Å². The van der Waals surface area contributed by atoms with Crippen molar-refractivity contribution in [1.82, 2.24) is 10.1 Å². The van der Waals surface area contributed by atoms with Gasteiger partial charge in [0.25, 0.3) is 0 Å². The number of aliphatic hydroxyl groups excluding tert-OH is 1. The minimum atomic E-state index is -0.619. The molecule has 2 heterocycles. The second-order valence-corrected chi connectivity index (χ2v) is 5.95. The zero-order valence-electron chi connectivity index (χ0n) is 16.5. The van der Waals surface area contributed by atoms with E-state index in [1.807, 2.05) is 13.8 Å². The van der Waals surface area contributed by atoms with Gasteiger partial charge in [0.05, 0.1) is 18.8 Å². The number of cyclic esters (lactones) is 1. The lowest BCUT2D eigenvalue weighted by Crippen LogP contribution is -2.26. The number of ether oxygens (including phenoxy) is 1. The molecular formula is C19H25FN6O3. The van der Waals surface area contributed by atoms with Gasteiger partial charge in [-0.15, -0.1) is 5.10 Å². The van der Waals surface area contributed by atoms with Gasteiger partial charge in [-0.3, -0.25) is 9.88 Å². The van der Waals surface area contributed by atoms with Gasteiger partial charge < -0.3 is 15.6 Å². The predicted molar refractivity (Wildman–Crippen MR) is 108 cm³/mol. The summed E-state index contributed by atoms with van der Waals surface area (Å²) in [7, 11) is 1.52. The standard InChI is InChI=1S/C17H19FN6O3.C2H6/c1-23(20)22-16(19)15-5-2-10(7-21-15)13-4-3-11(6-14(13)18)24-8-12(9-25)27-17(24)26;1-2/h2-7,12,25H,8-9,20H2,1H3,(H2,19,22);1-2H3/t12-;/m1./s1. The minimum absolute atomic E-state index is 0.133. The van der Waals surface area contributed by atoms with E-state index in [-0.39, 0.29) is 19.0 Å². The second-order valence-electron chi connectivity index (χ2n) is 5.95. The van der Waals surface area contributed by atoms with E-state index in [1.165, 1.54) is 24.2 Å². The van der Waals surface area contributed by atoms with Gasteiger partial charge in [-0.25, -0.2) is 20.1 Å². The van der Waals surface area contributed by atoms with Crippen LogP contribution in [0.2, 0.25) is 0 Å². The first-order chi connectivity index (χ1) is 13.9. The van der Waals surface area contributed by atoms with Gasteiger partial charge in [-0.1, -0.05) is 19.9 Å². The molecule has 0 radical (unpaired) electrons. The third-order valence-electron chi connectivity index (χ3n) is 3.94. The maximum absolute atomic E-state index is 14.6. The lowest BCUT2D eigenvalue weighted by Gasteiger charge is -2.14. The zero-order valence-corrected chi connectivity index (χ0v) is 16.5. The molecular weight excluding hydrogens is 379 g/mol. The van der Waals surface area contributed by atoms with Gasteiger partial charge in [-0.2, -0.15) is 0 Å². The third kappa shape index (κ3) is 5.18. The molecule has 10 heteroatoms. The first kappa shape index (κ1) is 22.1. The van der Waals surface area contributed by atoms with E-state index >= 15 is 0 Å². The summed E-state index contributed by atoms with van der Waals surface area (Å²) in [5.74, 6) is 5.01. The molecule has 1 aromatic heterocycles. The maximum Gasteiger partial charge on any atom is 0.414 e. The number of amidine groups is 1. The minimum Gasteiger partial charge on any atom is -0.441 e. The quantitative estimate of drug-likeness (QED) is 0.299. The highest BCUT2D eigenvalue weighted by Gasteiger charge is 2.32. The number of hydrogen-bond acceptors (Lipinski definition) is 7. The number of amides is 1. The molecule has 1 atom stereocenters. The molecule has 1 aliphatic heterocycles. The van der Waals surface area contributed by atoms with E-state index in [2.05, 4.69) is 10.1 Å². The number of rotatable bonds is 5. The van der Waals surface area contributed by atoms with E-state index in [9.17, 15) is 9.18 Å². The van der Waals surface area contributed by atoms with Crippen LogP contribution in [0.1, 0.15) is 19.5 Å². The van der Waals surface area contributed by atoms with Crippen molar-refractivity contribution in [3.05, 3.63) is 48.0 Å². The number of hydrogen-bond donors (Lipinski definition) is 3. The number of benzene rings is 1. The molecule has 0 spiro atoms. The summed E-state index contributed by atoms with van der Waals surface area (Å²) in [4.78, 5) is 17.3. The van der Waals surface area contributed by atoms with Crippen molar-refractivity contribution < 1.29 is 19.0 Å². The molecule has 1 aliphatic rings. The Morgan fingerprint density at radius 1 is 1.41 bits per heavy atom.